The Morgan fingerprint density at radius 3 is 0.664 bits per heavy atom. The van der Waals surface area contributed by atoms with Gasteiger partial charge in [-0.15, -0.1) is 0 Å². The molecule has 8 saturated heterocycles. The molecular weight excluding hydrogens is 1700 g/mol. The first-order valence-corrected chi connectivity index (χ1v) is 50.2. The van der Waals surface area contributed by atoms with Gasteiger partial charge in [0.25, 0.3) is 0 Å². The van der Waals surface area contributed by atoms with Crippen LogP contribution in [0.2, 0.25) is 0 Å². The van der Waals surface area contributed by atoms with Crippen molar-refractivity contribution < 1.29 is 56.9 Å². The van der Waals surface area contributed by atoms with Crippen molar-refractivity contribution in [1.29, 1.82) is 0 Å². The molecule has 16 aliphatic rings. The van der Waals surface area contributed by atoms with Gasteiger partial charge in [-0.3, -0.25) is 0 Å². The highest BCUT2D eigenvalue weighted by Gasteiger charge is 2.46. The van der Waals surface area contributed by atoms with Crippen LogP contribution < -0.4 is 77.1 Å². The van der Waals surface area contributed by atoms with E-state index in [2.05, 4.69) is 228 Å². The van der Waals surface area contributed by atoms with Gasteiger partial charge in [0, 0.05) is 146 Å². The molecule has 0 aromatic carbocycles. The molecular formula is C106H146F2N16O10. The van der Waals surface area contributed by atoms with Crippen molar-refractivity contribution >= 4 is 46.5 Å². The van der Waals surface area contributed by atoms with Gasteiger partial charge in [-0.25, -0.2) is 48.7 Å². The Morgan fingerprint density at radius 2 is 0.440 bits per heavy atom. The van der Waals surface area contributed by atoms with Gasteiger partial charge in [0.2, 0.25) is 0 Å². The zero-order chi connectivity index (χ0) is 94.2. The van der Waals surface area contributed by atoms with Gasteiger partial charge in [-0.2, -0.15) is 0 Å². The lowest BCUT2D eigenvalue weighted by atomic mass is 10.0. The maximum atomic E-state index is 13.5. The minimum Gasteiger partial charge on any atom is -0.487 e. The van der Waals surface area contributed by atoms with Gasteiger partial charge in [0.15, 0.2) is 92.5 Å². The molecule has 724 valence electrons. The first-order chi connectivity index (χ1) is 64.5. The topological polar surface area (TPSA) is 243 Å². The molecule has 0 radical (unpaired) electrons. The number of halogens is 2. The number of aliphatic hydroxyl groups is 2. The Morgan fingerprint density at radius 1 is 0.254 bits per heavy atom. The Balaban J connectivity index is 0.000000107. The van der Waals surface area contributed by atoms with Gasteiger partial charge in [-0.1, -0.05) is 125 Å². The van der Waals surface area contributed by atoms with Crippen LogP contribution in [0.25, 0.3) is 0 Å². The second-order valence-corrected chi connectivity index (χ2v) is 42.1. The number of hydrogen-bond acceptors (Lipinski definition) is 26. The average Bonchev–Trinajstić information content (AvgIpc) is 1.63. The third-order valence-corrected chi connectivity index (χ3v) is 29.4. The van der Waals surface area contributed by atoms with Crippen LogP contribution in [-0.2, 0) is 0 Å². The van der Waals surface area contributed by atoms with Crippen molar-refractivity contribution in [2.75, 3.05) is 144 Å². The lowest BCUT2D eigenvalue weighted by molar-refractivity contribution is 0.187. The SMILES string of the molecule is CC(C)c1ccnc2c1OC[C@@H]1CCCN21.CC(C)c1ccnc2c1OC[C@@H]1C[C@H](C)CN21.CC(C)c1ccnc2c1OC[C@@H]1C[C@H](F)CN21.CC(C)c1ccnc2c1OC[C@@H]1C[C@H](O)CN21.CC(C)c1ccnc2c1OC[C@H]1CCCN21.CC(C)c1ccnc2c1OC[C@H]1C[C@@H](C)CN21.CC(C)c1ccnc2c1OC[C@H]1C[C@@H](F)CN21.CC(C)c1ccnc2c1OC[C@H]1C[C@@H](O)CN21. The molecule has 0 aliphatic carbocycles. The lowest BCUT2D eigenvalue weighted by Crippen LogP contribution is -2.39. The largest absolute Gasteiger partial charge is 0.487 e. The summed E-state index contributed by atoms with van der Waals surface area (Å²) in [6.07, 6.45) is 23.1. The van der Waals surface area contributed by atoms with Crippen molar-refractivity contribution in [3.8, 4) is 46.0 Å². The summed E-state index contributed by atoms with van der Waals surface area (Å²) in [4.78, 5) is 53.9. The quantitative estimate of drug-likeness (QED) is 0.144. The molecule has 8 aromatic rings. The van der Waals surface area contributed by atoms with Gasteiger partial charge >= 0.3 is 0 Å². The van der Waals surface area contributed by atoms with Gasteiger partial charge < -0.3 is 87.3 Å². The first kappa shape index (κ1) is 95.5. The van der Waals surface area contributed by atoms with E-state index in [1.807, 2.05) is 61.4 Å². The zero-order valence-electron chi connectivity index (χ0n) is 82.4. The number of ether oxygens (including phenoxy) is 8. The molecule has 8 fully saturated rings. The molecule has 0 spiro atoms. The number of alkyl halides is 2. The van der Waals surface area contributed by atoms with Crippen molar-refractivity contribution in [2.24, 2.45) is 11.8 Å². The van der Waals surface area contributed by atoms with Crippen molar-refractivity contribution in [2.45, 2.75) is 309 Å². The Labute approximate surface area is 793 Å². The summed E-state index contributed by atoms with van der Waals surface area (Å²) in [6, 6.07) is 19.4. The van der Waals surface area contributed by atoms with Gasteiger partial charge in [0.05, 0.1) is 73.6 Å². The summed E-state index contributed by atoms with van der Waals surface area (Å²) < 4.78 is 74.0. The third kappa shape index (κ3) is 20.0. The van der Waals surface area contributed by atoms with Crippen LogP contribution in [0.3, 0.4) is 0 Å². The highest BCUT2D eigenvalue weighted by molar-refractivity contribution is 5.67. The molecule has 134 heavy (non-hydrogen) atoms. The number of nitrogens with zero attached hydrogens (tertiary/aromatic N) is 16. The second kappa shape index (κ2) is 41.4. The normalized spacial score (nSPS) is 25.8. The van der Waals surface area contributed by atoms with Crippen molar-refractivity contribution in [3.05, 3.63) is 143 Å². The fourth-order valence-corrected chi connectivity index (χ4v) is 22.4. The van der Waals surface area contributed by atoms with E-state index in [4.69, 9.17) is 37.9 Å². The number of rotatable bonds is 8. The van der Waals surface area contributed by atoms with E-state index in [0.29, 0.717) is 137 Å². The number of fused-ring (bicyclic) bond motifs is 24. The summed E-state index contributed by atoms with van der Waals surface area (Å²) >= 11 is 0. The zero-order valence-corrected chi connectivity index (χ0v) is 82.4. The highest BCUT2D eigenvalue weighted by atomic mass is 19.1. The molecule has 14 atom stereocenters. The average molecular weight is 1840 g/mol. The number of anilines is 8. The van der Waals surface area contributed by atoms with E-state index >= 15 is 0 Å². The fraction of sp³-hybridized carbons (Fsp3) is 0.623. The maximum Gasteiger partial charge on any atom is 0.172 e. The van der Waals surface area contributed by atoms with E-state index in [9.17, 15) is 19.0 Å². The van der Waals surface area contributed by atoms with E-state index in [0.717, 1.165) is 181 Å². The smallest absolute Gasteiger partial charge is 0.172 e. The Bertz CT molecular complexity index is 4630. The van der Waals surface area contributed by atoms with Crippen LogP contribution in [0, 0.1) is 11.8 Å². The summed E-state index contributed by atoms with van der Waals surface area (Å²) in [7, 11) is 0. The molecule has 0 saturated carbocycles. The van der Waals surface area contributed by atoms with Crippen LogP contribution in [-0.4, -0.2) is 228 Å². The number of pyridine rings is 8. The maximum absolute atomic E-state index is 13.5. The molecule has 16 aliphatic heterocycles. The summed E-state index contributed by atoms with van der Waals surface area (Å²) in [5.41, 5.74) is 9.88. The molecule has 0 unspecified atom stereocenters. The minimum absolute atomic E-state index is 0.160. The van der Waals surface area contributed by atoms with Crippen molar-refractivity contribution in [3.63, 3.8) is 0 Å². The van der Waals surface area contributed by atoms with Crippen LogP contribution in [0.15, 0.2) is 98.1 Å². The van der Waals surface area contributed by atoms with E-state index in [1.54, 1.807) is 12.4 Å². The molecule has 0 bridgehead atoms. The predicted molar refractivity (Wildman–Crippen MR) is 526 cm³/mol. The third-order valence-electron chi connectivity index (χ3n) is 29.4. The number of aliphatic hydroxyl groups excluding tert-OH is 2. The van der Waals surface area contributed by atoms with Crippen LogP contribution >= 0.6 is 0 Å². The van der Waals surface area contributed by atoms with Crippen molar-refractivity contribution in [1.82, 2.24) is 39.9 Å². The molecule has 26 nitrogen and oxygen atoms in total. The molecule has 2 N–H and O–H groups in total. The first-order valence-electron chi connectivity index (χ1n) is 50.2. The van der Waals surface area contributed by atoms with Crippen LogP contribution in [0.5, 0.6) is 46.0 Å². The van der Waals surface area contributed by atoms with E-state index in [1.165, 1.54) is 71.9 Å². The molecule has 24 rings (SSSR count). The summed E-state index contributed by atoms with van der Waals surface area (Å²) in [5, 5.41) is 19.5. The predicted octanol–water partition coefficient (Wildman–Crippen LogP) is 18.9. The molecule has 24 heterocycles. The number of hydrogen-bond donors (Lipinski definition) is 2. The molecule has 28 heteroatoms. The van der Waals surface area contributed by atoms with E-state index in [-0.39, 0.29) is 36.4 Å². The Kier molecular flexibility index (Phi) is 29.5. The monoisotopic (exact) mass is 1840 g/mol. The fourth-order valence-electron chi connectivity index (χ4n) is 22.4. The molecule has 0 amide bonds. The van der Waals surface area contributed by atoms with Gasteiger partial charge in [0.1, 0.15) is 65.2 Å². The van der Waals surface area contributed by atoms with Gasteiger partial charge in [-0.05, 0) is 159 Å². The second-order valence-electron chi connectivity index (χ2n) is 42.1. The van der Waals surface area contributed by atoms with E-state index < -0.39 is 12.3 Å². The van der Waals surface area contributed by atoms with Crippen LogP contribution in [0.4, 0.5) is 55.3 Å². The molecule has 8 aromatic heterocycles. The lowest BCUT2D eigenvalue weighted by Gasteiger charge is -2.33. The highest BCUT2D eigenvalue weighted by Crippen LogP contribution is 2.51. The summed E-state index contributed by atoms with van der Waals surface area (Å²) in [6.45, 7) is 52.0. The number of aromatic nitrogens is 8. The summed E-state index contributed by atoms with van der Waals surface area (Å²) in [5.74, 6) is 20.5. The Hall–Kier alpha value is -10.2. The standard InChI is InChI=1S/2C14H20N2O.2C13H17FN2O.2C13H18N2O2.2C13H18N2O/c2*1-9(2)12-4-5-15-14-13(12)17-8-11-6-10(3)7-16(11)14;2*1-8(2)11-3-4-15-13-12(11)17-7-10-5-9(14)6-16(10)13;2*1-8(2)11-3-4-14-13-12(11)17-7-9-5-10(16)6-15(9)13;2*1-9(2)11-5-6-14-13-12(11)16-8-10-4-3-7-15(10)13/h2*4-5,9-11H,6-8H2,1-3H3;2*3-4,8-10H,5-7H2,1-2H3;2*3-4,8-10,16H,5-7H2,1-2H3;2*5-6,9-10H,3-4,7-8H2,1-2H3/t2*10-,11-;4*9-,10-;2*10-/m10101010/s1. The minimum atomic E-state index is -0.751. The van der Waals surface area contributed by atoms with Crippen LogP contribution in [0.1, 0.15) is 281 Å².